The van der Waals surface area contributed by atoms with Gasteiger partial charge in [-0.3, -0.25) is 0 Å². The number of hydrogen-bond acceptors (Lipinski definition) is 4. The van der Waals surface area contributed by atoms with Crippen molar-refractivity contribution in [3.8, 4) is 5.88 Å². The molecule has 0 aliphatic rings. The summed E-state index contributed by atoms with van der Waals surface area (Å²) in [4.78, 5) is 6.69. The van der Waals surface area contributed by atoms with Gasteiger partial charge >= 0.3 is 0 Å². The smallest absolute Gasteiger partial charge is 0.239 e. The minimum absolute atomic E-state index is 0.411. The van der Waals surface area contributed by atoms with Crippen molar-refractivity contribution in [2.45, 2.75) is 40.7 Å². The van der Waals surface area contributed by atoms with E-state index in [0.29, 0.717) is 36.1 Å². The van der Waals surface area contributed by atoms with E-state index in [2.05, 4.69) is 51.6 Å². The minimum Gasteiger partial charge on any atom is -0.476 e. The molecule has 1 atom stereocenters. The highest BCUT2D eigenvalue weighted by molar-refractivity contribution is 5.54. The molecule has 1 unspecified atom stereocenters. The molecule has 4 nitrogen and oxygen atoms in total. The predicted molar refractivity (Wildman–Crippen MR) is 81.7 cm³/mol. The highest BCUT2D eigenvalue weighted by Gasteiger charge is 2.16. The van der Waals surface area contributed by atoms with Gasteiger partial charge in [0, 0.05) is 13.1 Å². The highest BCUT2D eigenvalue weighted by Crippen LogP contribution is 2.25. The van der Waals surface area contributed by atoms with Crippen molar-refractivity contribution in [3.63, 3.8) is 0 Å². The van der Waals surface area contributed by atoms with Gasteiger partial charge in [-0.05, 0) is 30.9 Å². The van der Waals surface area contributed by atoms with Gasteiger partial charge in [0.05, 0.1) is 12.3 Å². The third-order valence-corrected chi connectivity index (χ3v) is 3.37. The zero-order valence-electron chi connectivity index (χ0n) is 13.0. The minimum atomic E-state index is 0.411. The van der Waals surface area contributed by atoms with Crippen LogP contribution in [0.3, 0.4) is 0 Å². The number of nitrogens with zero attached hydrogens (tertiary/aromatic N) is 2. The van der Waals surface area contributed by atoms with Crippen LogP contribution in [-0.2, 0) is 0 Å². The molecule has 0 aliphatic heterocycles. The van der Waals surface area contributed by atoms with E-state index >= 15 is 0 Å². The molecule has 0 aliphatic carbocycles. The molecule has 1 aromatic heterocycles. The van der Waals surface area contributed by atoms with E-state index in [1.54, 1.807) is 0 Å². The first-order valence-corrected chi connectivity index (χ1v) is 6.95. The average Bonchev–Trinajstić information content (AvgIpc) is 2.35. The third kappa shape index (κ3) is 4.30. The fourth-order valence-electron chi connectivity index (χ4n) is 1.65. The van der Waals surface area contributed by atoms with Crippen LogP contribution in [0.2, 0.25) is 0 Å². The first-order valence-electron chi connectivity index (χ1n) is 6.95. The second-order valence-electron chi connectivity index (χ2n) is 5.86. The summed E-state index contributed by atoms with van der Waals surface area (Å²) in [6.45, 7) is 11.4. The summed E-state index contributed by atoms with van der Waals surface area (Å²) in [5.41, 5.74) is 6.50. The van der Waals surface area contributed by atoms with Crippen molar-refractivity contribution in [1.82, 2.24) is 4.98 Å². The van der Waals surface area contributed by atoms with Gasteiger partial charge in [-0.15, -0.1) is 0 Å². The molecule has 0 amide bonds. The molecule has 108 valence electrons. The van der Waals surface area contributed by atoms with E-state index < -0.39 is 0 Å². The monoisotopic (exact) mass is 265 g/mol. The largest absolute Gasteiger partial charge is 0.476 e. The molecule has 0 saturated heterocycles. The SMILES string of the molecule is CC(C)COc1nc(N(C)C(C)C(C)C)ccc1N. The summed E-state index contributed by atoms with van der Waals surface area (Å²) < 4.78 is 5.67. The second kappa shape index (κ2) is 6.64. The van der Waals surface area contributed by atoms with Gasteiger partial charge in [0.15, 0.2) is 0 Å². The van der Waals surface area contributed by atoms with Gasteiger partial charge in [-0.25, -0.2) is 0 Å². The molecule has 0 saturated carbocycles. The van der Waals surface area contributed by atoms with Gasteiger partial charge < -0.3 is 15.4 Å². The van der Waals surface area contributed by atoms with E-state index in [-0.39, 0.29) is 0 Å². The van der Waals surface area contributed by atoms with Crippen LogP contribution in [0.1, 0.15) is 34.6 Å². The number of aromatic nitrogens is 1. The topological polar surface area (TPSA) is 51.4 Å². The Morgan fingerprint density at radius 1 is 1.21 bits per heavy atom. The number of hydrogen-bond donors (Lipinski definition) is 1. The Balaban J connectivity index is 2.88. The summed E-state index contributed by atoms with van der Waals surface area (Å²) in [6, 6.07) is 4.21. The lowest BCUT2D eigenvalue weighted by molar-refractivity contribution is 0.263. The van der Waals surface area contributed by atoms with Crippen LogP contribution in [0.5, 0.6) is 5.88 Å². The molecule has 0 fully saturated rings. The third-order valence-electron chi connectivity index (χ3n) is 3.37. The average molecular weight is 265 g/mol. The lowest BCUT2D eigenvalue weighted by atomic mass is 10.1. The highest BCUT2D eigenvalue weighted by atomic mass is 16.5. The summed E-state index contributed by atoms with van der Waals surface area (Å²) in [5.74, 6) is 2.45. The Hall–Kier alpha value is -1.45. The molecule has 0 bridgehead atoms. The fourth-order valence-corrected chi connectivity index (χ4v) is 1.65. The molecule has 0 radical (unpaired) electrons. The maximum Gasteiger partial charge on any atom is 0.239 e. The second-order valence-corrected chi connectivity index (χ2v) is 5.86. The lowest BCUT2D eigenvalue weighted by Crippen LogP contribution is -2.33. The zero-order valence-corrected chi connectivity index (χ0v) is 13.0. The van der Waals surface area contributed by atoms with Crippen LogP contribution in [-0.4, -0.2) is 24.7 Å². The zero-order chi connectivity index (χ0) is 14.6. The van der Waals surface area contributed by atoms with Crippen LogP contribution >= 0.6 is 0 Å². The molecule has 0 spiro atoms. The Bertz CT molecular complexity index is 404. The van der Waals surface area contributed by atoms with E-state index in [1.165, 1.54) is 0 Å². The van der Waals surface area contributed by atoms with Crippen molar-refractivity contribution < 1.29 is 4.74 Å². The molecule has 1 aromatic rings. The Labute approximate surface area is 117 Å². The maximum absolute atomic E-state index is 5.91. The van der Waals surface area contributed by atoms with E-state index in [0.717, 1.165) is 5.82 Å². The van der Waals surface area contributed by atoms with Gasteiger partial charge in [0.25, 0.3) is 0 Å². The van der Waals surface area contributed by atoms with Gasteiger partial charge in [0.2, 0.25) is 5.88 Å². The summed E-state index contributed by atoms with van der Waals surface area (Å²) in [7, 11) is 2.05. The van der Waals surface area contributed by atoms with Gasteiger partial charge in [0.1, 0.15) is 5.82 Å². The molecule has 1 rings (SSSR count). The van der Waals surface area contributed by atoms with Crippen molar-refractivity contribution in [1.29, 1.82) is 0 Å². The Morgan fingerprint density at radius 2 is 1.84 bits per heavy atom. The number of pyridine rings is 1. The summed E-state index contributed by atoms with van der Waals surface area (Å²) in [6.07, 6.45) is 0. The van der Waals surface area contributed by atoms with Crippen LogP contribution < -0.4 is 15.4 Å². The van der Waals surface area contributed by atoms with Gasteiger partial charge in [-0.2, -0.15) is 4.98 Å². The van der Waals surface area contributed by atoms with Crippen LogP contribution in [0.4, 0.5) is 11.5 Å². The maximum atomic E-state index is 5.91. The first kappa shape index (κ1) is 15.6. The molecule has 1 heterocycles. The number of ether oxygens (including phenoxy) is 1. The standard InChI is InChI=1S/C15H27N3O/c1-10(2)9-19-15-13(16)7-8-14(17-15)18(6)12(5)11(3)4/h7-8,10-12H,9,16H2,1-6H3. The van der Waals surface area contributed by atoms with Crippen molar-refractivity contribution >= 4 is 11.5 Å². The predicted octanol–water partition coefficient (Wildman–Crippen LogP) is 3.18. The quantitative estimate of drug-likeness (QED) is 0.858. The van der Waals surface area contributed by atoms with Gasteiger partial charge in [-0.1, -0.05) is 27.7 Å². The molecule has 19 heavy (non-hydrogen) atoms. The van der Waals surface area contributed by atoms with Crippen LogP contribution in [0.25, 0.3) is 0 Å². The van der Waals surface area contributed by atoms with Crippen LogP contribution in [0.15, 0.2) is 12.1 Å². The van der Waals surface area contributed by atoms with E-state index in [1.807, 2.05) is 12.1 Å². The Morgan fingerprint density at radius 3 is 2.37 bits per heavy atom. The number of nitrogens with two attached hydrogens (primary N) is 1. The van der Waals surface area contributed by atoms with E-state index in [4.69, 9.17) is 10.5 Å². The number of nitrogen functional groups attached to an aromatic ring is 1. The molecule has 4 heteroatoms. The fraction of sp³-hybridized carbons (Fsp3) is 0.667. The molecule has 2 N–H and O–H groups in total. The normalized spacial score (nSPS) is 12.8. The van der Waals surface area contributed by atoms with Crippen molar-refractivity contribution in [2.75, 3.05) is 24.3 Å². The number of rotatable bonds is 6. The van der Waals surface area contributed by atoms with Crippen molar-refractivity contribution in [3.05, 3.63) is 12.1 Å². The molecule has 0 aromatic carbocycles. The molecular formula is C15H27N3O. The number of anilines is 2. The Kier molecular flexibility index (Phi) is 5.45. The first-order chi connectivity index (χ1) is 8.82. The van der Waals surface area contributed by atoms with Crippen LogP contribution in [0, 0.1) is 11.8 Å². The molecular weight excluding hydrogens is 238 g/mol. The van der Waals surface area contributed by atoms with Crippen molar-refractivity contribution in [2.24, 2.45) is 11.8 Å². The summed E-state index contributed by atoms with van der Waals surface area (Å²) >= 11 is 0. The lowest BCUT2D eigenvalue weighted by Gasteiger charge is -2.29. The van der Waals surface area contributed by atoms with E-state index in [9.17, 15) is 0 Å². The summed E-state index contributed by atoms with van der Waals surface area (Å²) in [5, 5.41) is 0.